The summed E-state index contributed by atoms with van der Waals surface area (Å²) >= 11 is 0. The lowest BCUT2D eigenvalue weighted by Gasteiger charge is -2.14. The van der Waals surface area contributed by atoms with Crippen LogP contribution in [-0.2, 0) is 4.79 Å². The Hall–Kier alpha value is 0.0900. The van der Waals surface area contributed by atoms with Crippen LogP contribution in [0.25, 0.3) is 0 Å². The van der Waals surface area contributed by atoms with Crippen molar-refractivity contribution in [2.45, 2.75) is 25.9 Å². The molecule has 0 aromatic rings. The van der Waals surface area contributed by atoms with Gasteiger partial charge in [0.2, 0.25) is 0 Å². The summed E-state index contributed by atoms with van der Waals surface area (Å²) in [6.07, 6.45) is 0. The maximum atomic E-state index is 10.4. The first-order valence-corrected chi connectivity index (χ1v) is 6.92. The van der Waals surface area contributed by atoms with E-state index < -0.39 is 12.0 Å². The highest BCUT2D eigenvalue weighted by molar-refractivity contribution is 8.76. The number of rotatable bonds is 7. The summed E-state index contributed by atoms with van der Waals surface area (Å²) in [5.41, 5.74) is 11.1. The zero-order valence-corrected chi connectivity index (χ0v) is 10.1. The quantitative estimate of drug-likeness (QED) is 0.448. The van der Waals surface area contributed by atoms with Crippen LogP contribution in [0.1, 0.15) is 13.8 Å². The molecule has 0 bridgehead atoms. The van der Waals surface area contributed by atoms with Crippen molar-refractivity contribution in [2.24, 2.45) is 17.4 Å². The van der Waals surface area contributed by atoms with Crippen molar-refractivity contribution in [1.82, 2.24) is 0 Å². The van der Waals surface area contributed by atoms with E-state index in [2.05, 4.69) is 13.8 Å². The Labute approximate surface area is 92.6 Å². The first-order chi connectivity index (χ1) is 6.45. The lowest BCUT2D eigenvalue weighted by molar-refractivity contribution is -0.137. The van der Waals surface area contributed by atoms with Gasteiger partial charge < -0.3 is 16.6 Å². The number of carboxylic acid groups (broad SMARTS) is 1. The second kappa shape index (κ2) is 7.39. The number of hydrogen-bond acceptors (Lipinski definition) is 5. The third kappa shape index (κ3) is 6.53. The van der Waals surface area contributed by atoms with Crippen molar-refractivity contribution in [1.29, 1.82) is 0 Å². The average molecular weight is 238 g/mol. The predicted octanol–water partition coefficient (Wildman–Crippen LogP) is 0.763. The fourth-order valence-corrected chi connectivity index (χ4v) is 3.02. The molecule has 0 radical (unpaired) electrons. The van der Waals surface area contributed by atoms with Crippen LogP contribution in [-0.4, -0.2) is 34.7 Å². The normalized spacial score (nSPS) is 15.5. The van der Waals surface area contributed by atoms with Gasteiger partial charge in [0.1, 0.15) is 6.04 Å². The molecule has 0 saturated heterocycles. The molecule has 5 N–H and O–H groups in total. The summed E-state index contributed by atoms with van der Waals surface area (Å²) in [5, 5.41) is 8.51. The van der Waals surface area contributed by atoms with Gasteiger partial charge in [0.15, 0.2) is 0 Å². The largest absolute Gasteiger partial charge is 0.480 e. The van der Waals surface area contributed by atoms with Gasteiger partial charge in [0.25, 0.3) is 0 Å². The second-order valence-corrected chi connectivity index (χ2v) is 5.97. The van der Waals surface area contributed by atoms with Crippen LogP contribution in [0.2, 0.25) is 0 Å². The molecule has 0 aromatic heterocycles. The Morgan fingerprint density at radius 3 is 2.21 bits per heavy atom. The summed E-state index contributed by atoms with van der Waals surface area (Å²) in [6, 6.07) is -0.615. The molecule has 2 atom stereocenters. The lowest BCUT2D eigenvalue weighted by Crippen LogP contribution is -2.32. The second-order valence-electron chi connectivity index (χ2n) is 3.42. The van der Waals surface area contributed by atoms with Crippen molar-refractivity contribution in [3.63, 3.8) is 0 Å². The highest BCUT2D eigenvalue weighted by Crippen LogP contribution is 2.23. The van der Waals surface area contributed by atoms with Crippen LogP contribution in [0, 0.1) is 5.92 Å². The standard InChI is InChI=1S/C8H18N2O2S2/c1-5(2)6(9)3-13-14-4-7(10)8(11)12/h5-7H,3-4,9-10H2,1-2H3,(H,11,12). The van der Waals surface area contributed by atoms with Gasteiger partial charge in [-0.05, 0) is 5.92 Å². The van der Waals surface area contributed by atoms with Crippen molar-refractivity contribution in [2.75, 3.05) is 11.5 Å². The Bertz CT molecular complexity index is 179. The van der Waals surface area contributed by atoms with Crippen LogP contribution < -0.4 is 11.5 Å². The van der Waals surface area contributed by atoms with E-state index >= 15 is 0 Å². The molecular formula is C8H18N2O2S2. The van der Waals surface area contributed by atoms with E-state index in [9.17, 15) is 4.79 Å². The minimum Gasteiger partial charge on any atom is -0.480 e. The highest BCUT2D eigenvalue weighted by atomic mass is 33.1. The highest BCUT2D eigenvalue weighted by Gasteiger charge is 2.12. The number of carboxylic acids is 1. The minimum absolute atomic E-state index is 0.161. The van der Waals surface area contributed by atoms with Crippen LogP contribution >= 0.6 is 21.6 Å². The molecule has 0 fully saturated rings. The third-order valence-corrected chi connectivity index (χ3v) is 4.26. The van der Waals surface area contributed by atoms with E-state index in [1.807, 2.05) is 0 Å². The van der Waals surface area contributed by atoms with E-state index in [1.54, 1.807) is 10.8 Å². The van der Waals surface area contributed by atoms with E-state index in [0.29, 0.717) is 11.7 Å². The molecule has 2 unspecified atom stereocenters. The van der Waals surface area contributed by atoms with Gasteiger partial charge >= 0.3 is 5.97 Å². The first kappa shape index (κ1) is 14.1. The molecule has 4 nitrogen and oxygen atoms in total. The molecule has 0 spiro atoms. The molecule has 0 aromatic carbocycles. The van der Waals surface area contributed by atoms with E-state index in [4.69, 9.17) is 16.6 Å². The fourth-order valence-electron chi connectivity index (χ4n) is 0.512. The van der Waals surface area contributed by atoms with Gasteiger partial charge in [0.05, 0.1) is 0 Å². The van der Waals surface area contributed by atoms with Gasteiger partial charge in [-0.2, -0.15) is 0 Å². The lowest BCUT2D eigenvalue weighted by atomic mass is 10.1. The molecule has 0 saturated carbocycles. The molecule has 6 heteroatoms. The van der Waals surface area contributed by atoms with Crippen molar-refractivity contribution >= 4 is 27.6 Å². The van der Waals surface area contributed by atoms with Crippen molar-refractivity contribution in [3.8, 4) is 0 Å². The average Bonchev–Trinajstić information content (AvgIpc) is 2.11. The Morgan fingerprint density at radius 1 is 1.29 bits per heavy atom. The Balaban J connectivity index is 3.42. The molecule has 0 aliphatic rings. The monoisotopic (exact) mass is 238 g/mol. The topological polar surface area (TPSA) is 89.3 Å². The Morgan fingerprint density at radius 2 is 1.79 bits per heavy atom. The van der Waals surface area contributed by atoms with Crippen molar-refractivity contribution in [3.05, 3.63) is 0 Å². The predicted molar refractivity (Wildman–Crippen MR) is 63.3 cm³/mol. The molecule has 14 heavy (non-hydrogen) atoms. The van der Waals surface area contributed by atoms with Crippen LogP contribution in [0.5, 0.6) is 0 Å². The minimum atomic E-state index is -0.953. The number of aliphatic carboxylic acids is 1. The van der Waals surface area contributed by atoms with Crippen LogP contribution in [0.3, 0.4) is 0 Å². The Kier molecular flexibility index (Phi) is 7.44. The summed E-state index contributed by atoms with van der Waals surface area (Å²) in [5.74, 6) is 0.752. The molecule has 0 amide bonds. The maximum Gasteiger partial charge on any atom is 0.321 e. The molecule has 84 valence electrons. The summed E-state index contributed by atoms with van der Waals surface area (Å²) < 4.78 is 0. The zero-order chi connectivity index (χ0) is 11.1. The van der Waals surface area contributed by atoms with Crippen LogP contribution in [0.4, 0.5) is 0 Å². The molecule has 0 heterocycles. The number of carbonyl (C=O) groups is 1. The molecular weight excluding hydrogens is 220 g/mol. The van der Waals surface area contributed by atoms with Gasteiger partial charge in [-0.1, -0.05) is 35.4 Å². The van der Waals surface area contributed by atoms with Gasteiger partial charge in [-0.15, -0.1) is 0 Å². The van der Waals surface area contributed by atoms with Gasteiger partial charge in [-0.3, -0.25) is 4.79 Å². The molecule has 0 rings (SSSR count). The maximum absolute atomic E-state index is 10.4. The fraction of sp³-hybridized carbons (Fsp3) is 0.875. The number of nitrogens with two attached hydrogens (primary N) is 2. The SMILES string of the molecule is CC(C)C(N)CSSCC(N)C(=O)O. The summed E-state index contributed by atoms with van der Waals surface area (Å²) in [6.45, 7) is 4.14. The van der Waals surface area contributed by atoms with Crippen molar-refractivity contribution < 1.29 is 9.90 Å². The summed E-state index contributed by atoms with van der Waals surface area (Å²) in [7, 11) is 3.05. The summed E-state index contributed by atoms with van der Waals surface area (Å²) in [4.78, 5) is 10.4. The molecule has 0 aliphatic heterocycles. The van der Waals surface area contributed by atoms with E-state index in [0.717, 1.165) is 5.75 Å². The van der Waals surface area contributed by atoms with E-state index in [-0.39, 0.29) is 6.04 Å². The number of hydrogen-bond donors (Lipinski definition) is 3. The van der Waals surface area contributed by atoms with Gasteiger partial charge in [0, 0.05) is 17.5 Å². The zero-order valence-electron chi connectivity index (χ0n) is 8.47. The molecule has 0 aliphatic carbocycles. The first-order valence-electron chi connectivity index (χ1n) is 4.43. The third-order valence-electron chi connectivity index (χ3n) is 1.76. The van der Waals surface area contributed by atoms with Crippen LogP contribution in [0.15, 0.2) is 0 Å². The smallest absolute Gasteiger partial charge is 0.321 e. The van der Waals surface area contributed by atoms with Gasteiger partial charge in [-0.25, -0.2) is 0 Å². The van der Waals surface area contributed by atoms with E-state index in [1.165, 1.54) is 10.8 Å².